The highest BCUT2D eigenvalue weighted by Gasteiger charge is 2.32. The number of ether oxygens (including phenoxy) is 1. The van der Waals surface area contributed by atoms with Crippen molar-refractivity contribution in [3.05, 3.63) is 69.4 Å². The number of nitrogens with one attached hydrogen (secondary N) is 1. The van der Waals surface area contributed by atoms with Crippen LogP contribution >= 0.6 is 11.3 Å². The average Bonchev–Trinajstić information content (AvgIpc) is 3.48. The molecule has 1 fully saturated rings. The molecule has 1 aromatic carbocycles. The van der Waals surface area contributed by atoms with Gasteiger partial charge in [0.15, 0.2) is 4.80 Å². The molecule has 194 valence electrons. The van der Waals surface area contributed by atoms with Crippen molar-refractivity contribution in [1.82, 2.24) is 9.88 Å². The van der Waals surface area contributed by atoms with E-state index in [1.807, 2.05) is 33.0 Å². The van der Waals surface area contributed by atoms with Crippen LogP contribution in [0.1, 0.15) is 60.2 Å². The molecule has 0 unspecified atom stereocenters. The Kier molecular flexibility index (Phi) is 7.75. The summed E-state index contributed by atoms with van der Waals surface area (Å²) in [5, 5.41) is 3.29. The molecule has 0 spiro atoms. The number of carbonyl (C=O) groups is 1. The zero-order valence-electron chi connectivity index (χ0n) is 20.5. The van der Waals surface area contributed by atoms with Crippen LogP contribution in [-0.2, 0) is 18.1 Å². The molecule has 0 bridgehead atoms. The van der Waals surface area contributed by atoms with Gasteiger partial charge in [-0.3, -0.25) is 4.79 Å². The zero-order chi connectivity index (χ0) is 25.9. The smallest absolute Gasteiger partial charge is 0.416 e. The average molecular weight is 522 g/mol. The van der Waals surface area contributed by atoms with Gasteiger partial charge in [0.05, 0.1) is 30.5 Å². The normalized spacial score (nSPS) is 17.4. The molecule has 3 aromatic rings. The molecule has 0 radical (unpaired) electrons. The first kappa shape index (κ1) is 26.2. The molecular formula is C26H30F3N3O3S. The Morgan fingerprint density at radius 3 is 2.72 bits per heavy atom. The summed E-state index contributed by atoms with van der Waals surface area (Å²) in [6, 6.07) is 6.56. The van der Waals surface area contributed by atoms with E-state index in [0.717, 1.165) is 42.9 Å². The van der Waals surface area contributed by atoms with E-state index < -0.39 is 17.6 Å². The largest absolute Gasteiger partial charge is 0.492 e. The first-order valence-electron chi connectivity index (χ1n) is 11.9. The van der Waals surface area contributed by atoms with E-state index >= 15 is 0 Å². The summed E-state index contributed by atoms with van der Waals surface area (Å²) in [7, 11) is 0. The van der Waals surface area contributed by atoms with Crippen molar-refractivity contribution in [2.24, 2.45) is 10.9 Å². The lowest BCUT2D eigenvalue weighted by atomic mass is 9.95. The number of hydrogen-bond acceptors (Lipinski definition) is 5. The molecule has 1 N–H and O–H groups in total. The quantitative estimate of drug-likeness (QED) is 0.457. The van der Waals surface area contributed by atoms with Crippen molar-refractivity contribution in [2.45, 2.75) is 51.7 Å². The van der Waals surface area contributed by atoms with Gasteiger partial charge in [-0.05, 0) is 55.1 Å². The summed E-state index contributed by atoms with van der Waals surface area (Å²) in [4.78, 5) is 18.9. The predicted molar refractivity (Wildman–Crippen MR) is 131 cm³/mol. The van der Waals surface area contributed by atoms with Crippen LogP contribution in [0, 0.1) is 5.92 Å². The van der Waals surface area contributed by atoms with Gasteiger partial charge in [-0.25, -0.2) is 0 Å². The van der Waals surface area contributed by atoms with Gasteiger partial charge in [-0.15, -0.1) is 11.3 Å². The molecule has 2 aromatic heterocycles. The zero-order valence-corrected chi connectivity index (χ0v) is 21.3. The number of amides is 1. The summed E-state index contributed by atoms with van der Waals surface area (Å²) < 4.78 is 53.5. The van der Waals surface area contributed by atoms with Gasteiger partial charge >= 0.3 is 6.18 Å². The van der Waals surface area contributed by atoms with E-state index in [1.165, 1.54) is 17.4 Å². The highest BCUT2D eigenvalue weighted by atomic mass is 32.1. The number of thiazole rings is 1. The summed E-state index contributed by atoms with van der Waals surface area (Å²) in [6.07, 6.45) is 0.829. The Hall–Kier alpha value is -2.85. The molecule has 10 heteroatoms. The van der Waals surface area contributed by atoms with E-state index in [4.69, 9.17) is 9.15 Å². The third kappa shape index (κ3) is 6.47. The summed E-state index contributed by atoms with van der Waals surface area (Å²) >= 11 is 1.33. The van der Waals surface area contributed by atoms with E-state index in [2.05, 4.69) is 10.3 Å². The Labute approximate surface area is 211 Å². The Bertz CT molecular complexity index is 1250. The monoisotopic (exact) mass is 521 g/mol. The van der Waals surface area contributed by atoms with Gasteiger partial charge in [0.2, 0.25) is 0 Å². The summed E-state index contributed by atoms with van der Waals surface area (Å²) in [6.45, 7) is 8.48. The van der Waals surface area contributed by atoms with Crippen LogP contribution in [0.2, 0.25) is 0 Å². The second-order valence-corrected chi connectivity index (χ2v) is 11.0. The molecule has 0 saturated carbocycles. The first-order chi connectivity index (χ1) is 17.0. The molecule has 4 rings (SSSR count). The maximum absolute atomic E-state index is 13.5. The fourth-order valence-electron chi connectivity index (χ4n) is 3.92. The topological polar surface area (TPSA) is 68.8 Å². The standard InChI is InChI=1S/C26H30F3N3O3S/c1-25(2,3)22-15-32(14-19-7-5-11-34-19)24(36-22)31-23(33)20-12-18(26(27,28)29)8-9-21(20)35-16-17-6-4-10-30-13-17/h5,7-9,11-12,15,17,30H,4,6,10,13-14,16H2,1-3H3/t17-/m1/s1. The number of furan rings is 1. The van der Waals surface area contributed by atoms with Crippen molar-refractivity contribution in [3.63, 3.8) is 0 Å². The van der Waals surface area contributed by atoms with E-state index in [-0.39, 0.29) is 22.6 Å². The lowest BCUT2D eigenvalue weighted by molar-refractivity contribution is -0.137. The second kappa shape index (κ2) is 10.6. The van der Waals surface area contributed by atoms with E-state index in [0.29, 0.717) is 23.7 Å². The molecule has 36 heavy (non-hydrogen) atoms. The van der Waals surface area contributed by atoms with Gasteiger partial charge in [0.1, 0.15) is 11.5 Å². The number of piperidine rings is 1. The van der Waals surface area contributed by atoms with Crippen molar-refractivity contribution in [1.29, 1.82) is 0 Å². The number of halogens is 3. The van der Waals surface area contributed by atoms with Crippen LogP contribution < -0.4 is 14.9 Å². The third-order valence-electron chi connectivity index (χ3n) is 5.97. The second-order valence-electron chi connectivity index (χ2n) is 9.98. The minimum atomic E-state index is -4.59. The fraction of sp³-hybridized carbons (Fsp3) is 0.462. The third-order valence-corrected chi connectivity index (χ3v) is 7.42. The molecule has 1 atom stereocenters. The number of carbonyl (C=O) groups excluding carboxylic acids is 1. The van der Waals surface area contributed by atoms with E-state index in [1.54, 1.807) is 16.9 Å². The molecular weight excluding hydrogens is 491 g/mol. The van der Waals surface area contributed by atoms with E-state index in [9.17, 15) is 18.0 Å². The van der Waals surface area contributed by atoms with Crippen LogP contribution in [0.15, 0.2) is 52.2 Å². The number of rotatable bonds is 6. The van der Waals surface area contributed by atoms with Gasteiger partial charge in [0.25, 0.3) is 5.91 Å². The molecule has 1 aliphatic rings. The lowest BCUT2D eigenvalue weighted by Gasteiger charge is -2.23. The minimum absolute atomic E-state index is 0.104. The number of alkyl halides is 3. The maximum atomic E-state index is 13.5. The highest BCUT2D eigenvalue weighted by molar-refractivity contribution is 7.09. The number of benzene rings is 1. The van der Waals surface area contributed by atoms with Crippen molar-refractivity contribution in [3.8, 4) is 5.75 Å². The van der Waals surface area contributed by atoms with Crippen LogP contribution in [0.3, 0.4) is 0 Å². The molecule has 0 aliphatic carbocycles. The van der Waals surface area contributed by atoms with Gasteiger partial charge in [0, 0.05) is 23.5 Å². The van der Waals surface area contributed by atoms with Crippen molar-refractivity contribution < 1.29 is 27.1 Å². The van der Waals surface area contributed by atoms with Crippen LogP contribution in [0.5, 0.6) is 5.75 Å². The van der Waals surface area contributed by atoms with Crippen molar-refractivity contribution in [2.75, 3.05) is 19.7 Å². The molecule has 6 nitrogen and oxygen atoms in total. The highest BCUT2D eigenvalue weighted by Crippen LogP contribution is 2.33. The molecule has 1 amide bonds. The Balaban J connectivity index is 1.71. The van der Waals surface area contributed by atoms with Gasteiger partial charge in [-0.2, -0.15) is 18.2 Å². The number of hydrogen-bond donors (Lipinski definition) is 1. The van der Waals surface area contributed by atoms with Crippen LogP contribution in [-0.4, -0.2) is 30.2 Å². The van der Waals surface area contributed by atoms with Gasteiger partial charge < -0.3 is 19.0 Å². The fourth-order valence-corrected chi connectivity index (χ4v) is 4.96. The molecule has 3 heterocycles. The summed E-state index contributed by atoms with van der Waals surface area (Å²) in [5.74, 6) is 0.218. The molecule has 1 aliphatic heterocycles. The van der Waals surface area contributed by atoms with Crippen LogP contribution in [0.25, 0.3) is 0 Å². The first-order valence-corrected chi connectivity index (χ1v) is 12.7. The minimum Gasteiger partial charge on any atom is -0.492 e. The van der Waals surface area contributed by atoms with Crippen molar-refractivity contribution >= 4 is 17.2 Å². The lowest BCUT2D eigenvalue weighted by Crippen LogP contribution is -2.33. The summed E-state index contributed by atoms with van der Waals surface area (Å²) in [5.41, 5.74) is -1.33. The SMILES string of the molecule is CC(C)(C)c1cn(Cc2ccco2)c(=NC(=O)c2cc(C(F)(F)F)ccc2OC[C@@H]2CCCNC2)s1. The Morgan fingerprint density at radius 1 is 1.28 bits per heavy atom. The van der Waals surface area contributed by atoms with Crippen LogP contribution in [0.4, 0.5) is 13.2 Å². The predicted octanol–water partition coefficient (Wildman–Crippen LogP) is 5.63. The van der Waals surface area contributed by atoms with Gasteiger partial charge in [-0.1, -0.05) is 20.8 Å². The molecule has 1 saturated heterocycles. The number of aromatic nitrogens is 1. The number of nitrogens with zero attached hydrogens (tertiary/aromatic N) is 2. The maximum Gasteiger partial charge on any atom is 0.416 e. The Morgan fingerprint density at radius 2 is 2.08 bits per heavy atom.